The molecule has 1 unspecified atom stereocenters. The zero-order valence-electron chi connectivity index (χ0n) is 11.6. The Morgan fingerprint density at radius 2 is 1.94 bits per heavy atom. The van der Waals surface area contributed by atoms with E-state index in [2.05, 4.69) is 42.5 Å². The molecule has 0 N–H and O–H groups in total. The molecule has 0 saturated carbocycles. The molecule has 0 bridgehead atoms. The Labute approximate surface area is 114 Å². The molecule has 3 heteroatoms. The van der Waals surface area contributed by atoms with Crippen LogP contribution in [-0.4, -0.2) is 9.55 Å². The lowest BCUT2D eigenvalue weighted by molar-refractivity contribution is 0.350. The molecule has 0 radical (unpaired) electrons. The Morgan fingerprint density at radius 1 is 1.28 bits per heavy atom. The van der Waals surface area contributed by atoms with Gasteiger partial charge in [-0.2, -0.15) is 0 Å². The maximum absolute atomic E-state index is 6.25. The third kappa shape index (κ3) is 2.86. The van der Waals surface area contributed by atoms with Crippen LogP contribution < -0.4 is 0 Å². The molecule has 0 amide bonds. The summed E-state index contributed by atoms with van der Waals surface area (Å²) in [5, 5.41) is -0.0580. The molecule has 2 aromatic rings. The minimum absolute atomic E-state index is 0.0580. The third-order valence-electron chi connectivity index (χ3n) is 3.13. The SMILES string of the molecule is CC(Cl)c1nc2ccccc2n1CCC(C)(C)C. The first-order valence-electron chi connectivity index (χ1n) is 6.48. The molecular weight excluding hydrogens is 244 g/mol. The van der Waals surface area contributed by atoms with E-state index >= 15 is 0 Å². The summed E-state index contributed by atoms with van der Waals surface area (Å²) in [6.45, 7) is 9.73. The van der Waals surface area contributed by atoms with Crippen LogP contribution in [0.2, 0.25) is 0 Å². The first-order valence-corrected chi connectivity index (χ1v) is 6.91. The summed E-state index contributed by atoms with van der Waals surface area (Å²) in [5.41, 5.74) is 2.54. The molecule has 0 aliphatic heterocycles. The van der Waals surface area contributed by atoms with Gasteiger partial charge in [0, 0.05) is 6.54 Å². The van der Waals surface area contributed by atoms with Crippen LogP contribution in [0.3, 0.4) is 0 Å². The number of nitrogens with zero attached hydrogens (tertiary/aromatic N) is 2. The standard InChI is InChI=1S/C15H21ClN2/c1-11(16)14-17-12-7-5-6-8-13(12)18(14)10-9-15(2,3)4/h5-8,11H,9-10H2,1-4H3. The number of alkyl halides is 1. The van der Waals surface area contributed by atoms with Gasteiger partial charge in [-0.1, -0.05) is 32.9 Å². The largest absolute Gasteiger partial charge is 0.327 e. The molecule has 0 aliphatic carbocycles. The van der Waals surface area contributed by atoms with Crippen LogP contribution in [0.15, 0.2) is 24.3 Å². The first kappa shape index (κ1) is 13.4. The fraction of sp³-hybridized carbons (Fsp3) is 0.533. The lowest BCUT2D eigenvalue weighted by Gasteiger charge is -2.20. The van der Waals surface area contributed by atoms with Crippen molar-refractivity contribution < 1.29 is 0 Å². The molecule has 0 spiro atoms. The van der Waals surface area contributed by atoms with Crippen LogP contribution in [0.4, 0.5) is 0 Å². The number of hydrogen-bond donors (Lipinski definition) is 0. The molecule has 2 nitrogen and oxygen atoms in total. The van der Waals surface area contributed by atoms with Gasteiger partial charge in [0.1, 0.15) is 5.82 Å². The molecule has 0 aliphatic rings. The van der Waals surface area contributed by atoms with Gasteiger partial charge in [0.25, 0.3) is 0 Å². The summed E-state index contributed by atoms with van der Waals surface area (Å²) in [4.78, 5) is 4.64. The highest BCUT2D eigenvalue weighted by molar-refractivity contribution is 6.20. The lowest BCUT2D eigenvalue weighted by Crippen LogP contribution is -2.12. The number of halogens is 1. The number of aromatic nitrogens is 2. The van der Waals surface area contributed by atoms with Gasteiger partial charge in [-0.25, -0.2) is 4.98 Å². The minimum atomic E-state index is -0.0580. The van der Waals surface area contributed by atoms with Gasteiger partial charge in [-0.3, -0.25) is 0 Å². The number of rotatable bonds is 3. The van der Waals surface area contributed by atoms with E-state index in [-0.39, 0.29) is 5.38 Å². The number of hydrogen-bond acceptors (Lipinski definition) is 1. The molecule has 1 heterocycles. The highest BCUT2D eigenvalue weighted by Gasteiger charge is 2.17. The quantitative estimate of drug-likeness (QED) is 0.730. The van der Waals surface area contributed by atoms with Crippen molar-refractivity contribution in [3.63, 3.8) is 0 Å². The Balaban J connectivity index is 2.42. The van der Waals surface area contributed by atoms with Crippen LogP contribution in [0.25, 0.3) is 11.0 Å². The van der Waals surface area contributed by atoms with Crippen LogP contribution in [0.1, 0.15) is 45.3 Å². The second kappa shape index (κ2) is 4.93. The maximum atomic E-state index is 6.25. The number of para-hydroxylation sites is 2. The van der Waals surface area contributed by atoms with Crippen molar-refractivity contribution in [3.05, 3.63) is 30.1 Å². The van der Waals surface area contributed by atoms with Crippen molar-refractivity contribution in [2.75, 3.05) is 0 Å². The fourth-order valence-corrected chi connectivity index (χ4v) is 2.25. The number of benzene rings is 1. The molecular formula is C15H21ClN2. The normalized spacial score (nSPS) is 14.1. The Bertz CT molecular complexity index is 535. The smallest absolute Gasteiger partial charge is 0.127 e. The number of fused-ring (bicyclic) bond motifs is 1. The van der Waals surface area contributed by atoms with Gasteiger partial charge in [-0.05, 0) is 30.9 Å². The van der Waals surface area contributed by atoms with Gasteiger partial charge < -0.3 is 4.57 Å². The predicted molar refractivity (Wildman–Crippen MR) is 78.1 cm³/mol. The van der Waals surface area contributed by atoms with E-state index in [1.165, 1.54) is 5.52 Å². The van der Waals surface area contributed by atoms with Crippen LogP contribution in [-0.2, 0) is 6.54 Å². The summed E-state index contributed by atoms with van der Waals surface area (Å²) in [5.74, 6) is 0.974. The molecule has 1 aromatic carbocycles. The summed E-state index contributed by atoms with van der Waals surface area (Å²) in [6, 6.07) is 8.24. The van der Waals surface area contributed by atoms with E-state index in [0.717, 1.165) is 24.3 Å². The van der Waals surface area contributed by atoms with Crippen LogP contribution >= 0.6 is 11.6 Å². The molecule has 0 saturated heterocycles. The lowest BCUT2D eigenvalue weighted by atomic mass is 9.92. The summed E-state index contributed by atoms with van der Waals surface area (Å²) >= 11 is 6.25. The second-order valence-electron chi connectivity index (χ2n) is 6.04. The summed E-state index contributed by atoms with van der Waals surface area (Å²) in [6.07, 6.45) is 1.12. The van der Waals surface area contributed by atoms with Crippen molar-refractivity contribution in [2.24, 2.45) is 5.41 Å². The number of imidazole rings is 1. The minimum Gasteiger partial charge on any atom is -0.327 e. The van der Waals surface area contributed by atoms with E-state index in [1.807, 2.05) is 19.1 Å². The van der Waals surface area contributed by atoms with Crippen molar-refractivity contribution in [3.8, 4) is 0 Å². The van der Waals surface area contributed by atoms with Gasteiger partial charge in [0.05, 0.1) is 16.4 Å². The first-order chi connectivity index (χ1) is 8.38. The zero-order valence-corrected chi connectivity index (χ0v) is 12.3. The monoisotopic (exact) mass is 264 g/mol. The summed E-state index contributed by atoms with van der Waals surface area (Å²) in [7, 11) is 0. The van der Waals surface area contributed by atoms with E-state index in [4.69, 9.17) is 11.6 Å². The van der Waals surface area contributed by atoms with E-state index in [0.29, 0.717) is 5.41 Å². The van der Waals surface area contributed by atoms with Crippen molar-refractivity contribution in [2.45, 2.75) is 46.0 Å². The zero-order chi connectivity index (χ0) is 13.3. The van der Waals surface area contributed by atoms with Gasteiger partial charge in [-0.15, -0.1) is 11.6 Å². The van der Waals surface area contributed by atoms with Gasteiger partial charge >= 0.3 is 0 Å². The number of aryl methyl sites for hydroxylation is 1. The molecule has 1 aromatic heterocycles. The third-order valence-corrected chi connectivity index (χ3v) is 3.32. The van der Waals surface area contributed by atoms with Crippen molar-refractivity contribution >= 4 is 22.6 Å². The fourth-order valence-electron chi connectivity index (χ4n) is 2.08. The second-order valence-corrected chi connectivity index (χ2v) is 6.69. The topological polar surface area (TPSA) is 17.8 Å². The molecule has 2 rings (SSSR count). The van der Waals surface area contributed by atoms with Crippen molar-refractivity contribution in [1.29, 1.82) is 0 Å². The Kier molecular flexibility index (Phi) is 3.67. The van der Waals surface area contributed by atoms with Crippen LogP contribution in [0, 0.1) is 5.41 Å². The van der Waals surface area contributed by atoms with E-state index < -0.39 is 0 Å². The molecule has 0 fully saturated rings. The molecule has 18 heavy (non-hydrogen) atoms. The van der Waals surface area contributed by atoms with Gasteiger partial charge in [0.2, 0.25) is 0 Å². The average Bonchev–Trinajstić information content (AvgIpc) is 2.64. The predicted octanol–water partition coefficient (Wildman–Crippen LogP) is 4.77. The average molecular weight is 265 g/mol. The Hall–Kier alpha value is -1.02. The van der Waals surface area contributed by atoms with E-state index in [9.17, 15) is 0 Å². The summed E-state index contributed by atoms with van der Waals surface area (Å²) < 4.78 is 2.26. The van der Waals surface area contributed by atoms with E-state index in [1.54, 1.807) is 0 Å². The maximum Gasteiger partial charge on any atom is 0.127 e. The Morgan fingerprint density at radius 3 is 2.56 bits per heavy atom. The highest BCUT2D eigenvalue weighted by Crippen LogP contribution is 2.27. The molecule has 1 atom stereocenters. The molecule has 98 valence electrons. The van der Waals surface area contributed by atoms with Gasteiger partial charge in [0.15, 0.2) is 0 Å². The van der Waals surface area contributed by atoms with Crippen LogP contribution in [0.5, 0.6) is 0 Å². The van der Waals surface area contributed by atoms with Crippen molar-refractivity contribution in [1.82, 2.24) is 9.55 Å². The highest BCUT2D eigenvalue weighted by atomic mass is 35.5.